The van der Waals surface area contributed by atoms with E-state index in [9.17, 15) is 19.7 Å². The summed E-state index contributed by atoms with van der Waals surface area (Å²) in [6, 6.07) is 6.73. The molecule has 2 saturated heterocycles. The zero-order chi connectivity index (χ0) is 24.5. The summed E-state index contributed by atoms with van der Waals surface area (Å²) in [5, 5.41) is 14.3. The number of anilines is 1. The minimum absolute atomic E-state index is 0.00239. The molecule has 188 valence electrons. The van der Waals surface area contributed by atoms with E-state index in [4.69, 9.17) is 4.74 Å². The third kappa shape index (κ3) is 7.39. The fourth-order valence-electron chi connectivity index (χ4n) is 4.47. The predicted octanol–water partition coefficient (Wildman–Crippen LogP) is 1.89. The Kier molecular flexibility index (Phi) is 9.64. The number of para-hydroxylation sites is 2. The van der Waals surface area contributed by atoms with Gasteiger partial charge in [0.1, 0.15) is 5.69 Å². The highest BCUT2D eigenvalue weighted by Gasteiger charge is 2.29. The first-order valence-electron chi connectivity index (χ1n) is 12.2. The third-order valence-corrected chi connectivity index (χ3v) is 6.44. The summed E-state index contributed by atoms with van der Waals surface area (Å²) in [5.74, 6) is 0.180. The van der Waals surface area contributed by atoms with Gasteiger partial charge in [0.05, 0.1) is 17.6 Å². The first-order chi connectivity index (χ1) is 16.3. The normalized spacial score (nSPS) is 17.7. The Morgan fingerprint density at radius 2 is 1.79 bits per heavy atom. The summed E-state index contributed by atoms with van der Waals surface area (Å²) in [5.41, 5.74) is 0.700. The number of piperidine rings is 1. The van der Waals surface area contributed by atoms with Gasteiger partial charge < -0.3 is 19.9 Å². The van der Waals surface area contributed by atoms with Gasteiger partial charge in [0, 0.05) is 51.3 Å². The van der Waals surface area contributed by atoms with Gasteiger partial charge in [-0.25, -0.2) is 0 Å². The second kappa shape index (κ2) is 12.7. The van der Waals surface area contributed by atoms with Crippen LogP contribution in [0.25, 0.3) is 0 Å². The maximum atomic E-state index is 12.8. The van der Waals surface area contributed by atoms with Crippen molar-refractivity contribution < 1.29 is 19.2 Å². The molecule has 10 heteroatoms. The van der Waals surface area contributed by atoms with Gasteiger partial charge in [0.25, 0.3) is 5.69 Å². The van der Waals surface area contributed by atoms with Crippen LogP contribution in [0.1, 0.15) is 33.1 Å². The molecule has 0 aromatic heterocycles. The van der Waals surface area contributed by atoms with Crippen LogP contribution >= 0.6 is 0 Å². The van der Waals surface area contributed by atoms with Gasteiger partial charge in [-0.3, -0.25) is 24.6 Å². The van der Waals surface area contributed by atoms with E-state index in [2.05, 4.69) is 10.2 Å². The number of carbonyl (C=O) groups is 2. The van der Waals surface area contributed by atoms with E-state index in [1.165, 1.54) is 6.07 Å². The molecule has 2 aliphatic heterocycles. The Hall–Kier alpha value is -2.72. The number of benzene rings is 1. The number of hydrogen-bond acceptors (Lipinski definition) is 7. The Morgan fingerprint density at radius 1 is 1.12 bits per heavy atom. The molecule has 2 fully saturated rings. The number of carbonyl (C=O) groups excluding carboxylic acids is 2. The second-order valence-corrected chi connectivity index (χ2v) is 9.23. The van der Waals surface area contributed by atoms with Crippen LogP contribution in [0.2, 0.25) is 0 Å². The summed E-state index contributed by atoms with van der Waals surface area (Å²) in [4.78, 5) is 42.1. The molecule has 0 atom stereocenters. The molecule has 10 nitrogen and oxygen atoms in total. The molecule has 2 amide bonds. The number of hydrogen-bond donors (Lipinski definition) is 1. The van der Waals surface area contributed by atoms with Crippen LogP contribution in [0.15, 0.2) is 24.3 Å². The highest BCUT2D eigenvalue weighted by Crippen LogP contribution is 2.28. The van der Waals surface area contributed by atoms with E-state index in [0.29, 0.717) is 51.6 Å². The molecular formula is C24H37N5O5. The summed E-state index contributed by atoms with van der Waals surface area (Å²) in [6.07, 6.45) is 2.53. The van der Waals surface area contributed by atoms with Crippen molar-refractivity contribution in [3.63, 3.8) is 0 Å². The Balaban J connectivity index is 1.36. The molecule has 1 aromatic carbocycles. The number of nitro benzene ring substituents is 1. The van der Waals surface area contributed by atoms with Crippen molar-refractivity contribution in [2.75, 3.05) is 63.9 Å². The van der Waals surface area contributed by atoms with Gasteiger partial charge in [-0.1, -0.05) is 12.1 Å². The molecule has 2 aliphatic rings. The molecule has 2 heterocycles. The van der Waals surface area contributed by atoms with Crippen LogP contribution in [0, 0.1) is 16.0 Å². The second-order valence-electron chi connectivity index (χ2n) is 9.23. The van der Waals surface area contributed by atoms with Crippen molar-refractivity contribution >= 4 is 23.2 Å². The molecule has 0 aliphatic carbocycles. The van der Waals surface area contributed by atoms with Gasteiger partial charge in [-0.15, -0.1) is 0 Å². The molecule has 0 radical (unpaired) electrons. The van der Waals surface area contributed by atoms with Gasteiger partial charge >= 0.3 is 0 Å². The largest absolute Gasteiger partial charge is 0.379 e. The molecule has 0 spiro atoms. The SMILES string of the molecule is CC(C)OCCCNC(=O)C1CCN(CC(=O)N2CCN(c3ccccc3[N+](=O)[O-])CC2)CC1. The van der Waals surface area contributed by atoms with E-state index >= 15 is 0 Å². The van der Waals surface area contributed by atoms with Crippen molar-refractivity contribution in [1.82, 2.24) is 15.1 Å². The highest BCUT2D eigenvalue weighted by atomic mass is 16.6. The van der Waals surface area contributed by atoms with Gasteiger partial charge in [0.15, 0.2) is 0 Å². The number of nitrogens with zero attached hydrogens (tertiary/aromatic N) is 4. The number of amides is 2. The molecule has 0 saturated carbocycles. The van der Waals surface area contributed by atoms with Crippen molar-refractivity contribution in [3.05, 3.63) is 34.4 Å². The summed E-state index contributed by atoms with van der Waals surface area (Å²) >= 11 is 0. The molecule has 0 unspecified atom stereocenters. The van der Waals surface area contributed by atoms with Crippen LogP contribution in [0.5, 0.6) is 0 Å². The summed E-state index contributed by atoms with van der Waals surface area (Å²) in [6.45, 7) is 9.32. The number of nitro groups is 1. The smallest absolute Gasteiger partial charge is 0.292 e. The van der Waals surface area contributed by atoms with E-state index in [1.807, 2.05) is 23.6 Å². The minimum Gasteiger partial charge on any atom is -0.379 e. The lowest BCUT2D eigenvalue weighted by molar-refractivity contribution is -0.384. The van der Waals surface area contributed by atoms with E-state index in [0.717, 1.165) is 32.4 Å². The van der Waals surface area contributed by atoms with Gasteiger partial charge in [-0.05, 0) is 52.3 Å². The van der Waals surface area contributed by atoms with Crippen molar-refractivity contribution in [3.8, 4) is 0 Å². The quantitative estimate of drug-likeness (QED) is 0.313. The molecule has 0 bridgehead atoms. The van der Waals surface area contributed by atoms with Gasteiger partial charge in [0.2, 0.25) is 11.8 Å². The lowest BCUT2D eigenvalue weighted by Gasteiger charge is -2.37. The maximum absolute atomic E-state index is 12.8. The van der Waals surface area contributed by atoms with Crippen LogP contribution in [0.4, 0.5) is 11.4 Å². The van der Waals surface area contributed by atoms with Crippen LogP contribution in [-0.2, 0) is 14.3 Å². The summed E-state index contributed by atoms with van der Waals surface area (Å²) < 4.78 is 5.49. The van der Waals surface area contributed by atoms with Crippen molar-refractivity contribution in [2.45, 2.75) is 39.2 Å². The van der Waals surface area contributed by atoms with Crippen LogP contribution < -0.4 is 10.2 Å². The molecule has 1 N–H and O–H groups in total. The van der Waals surface area contributed by atoms with E-state index in [1.54, 1.807) is 18.2 Å². The lowest BCUT2D eigenvalue weighted by atomic mass is 9.96. The van der Waals surface area contributed by atoms with Gasteiger partial charge in [-0.2, -0.15) is 0 Å². The fourth-order valence-corrected chi connectivity index (χ4v) is 4.47. The average molecular weight is 476 g/mol. The number of piperazine rings is 1. The zero-order valence-electron chi connectivity index (χ0n) is 20.3. The van der Waals surface area contributed by atoms with Crippen LogP contribution in [0.3, 0.4) is 0 Å². The highest BCUT2D eigenvalue weighted by molar-refractivity contribution is 5.80. The molecule has 1 aromatic rings. The standard InChI is InChI=1S/C24H37N5O5/c1-19(2)34-17-5-10-25-24(31)20-8-11-26(12-9-20)18-23(30)28-15-13-27(14-16-28)21-6-3-4-7-22(21)29(32)33/h3-4,6-7,19-20H,5,8-18H2,1-2H3,(H,25,31). The fraction of sp³-hybridized carbons (Fsp3) is 0.667. The summed E-state index contributed by atoms with van der Waals surface area (Å²) in [7, 11) is 0. The lowest BCUT2D eigenvalue weighted by Crippen LogP contribution is -2.52. The third-order valence-electron chi connectivity index (χ3n) is 6.44. The number of nitrogens with one attached hydrogen (secondary N) is 1. The predicted molar refractivity (Wildman–Crippen MR) is 130 cm³/mol. The number of ether oxygens (including phenoxy) is 1. The van der Waals surface area contributed by atoms with Crippen molar-refractivity contribution in [1.29, 1.82) is 0 Å². The topological polar surface area (TPSA) is 108 Å². The van der Waals surface area contributed by atoms with E-state index in [-0.39, 0.29) is 34.4 Å². The zero-order valence-corrected chi connectivity index (χ0v) is 20.3. The first kappa shape index (κ1) is 25.9. The molecular weight excluding hydrogens is 438 g/mol. The number of rotatable bonds is 10. The van der Waals surface area contributed by atoms with E-state index < -0.39 is 0 Å². The van der Waals surface area contributed by atoms with Crippen LogP contribution in [-0.4, -0.2) is 91.6 Å². The Morgan fingerprint density at radius 3 is 2.44 bits per heavy atom. The monoisotopic (exact) mass is 475 g/mol. The number of likely N-dealkylation sites (tertiary alicyclic amines) is 1. The van der Waals surface area contributed by atoms with Crippen molar-refractivity contribution in [2.24, 2.45) is 5.92 Å². The Labute approximate surface area is 201 Å². The minimum atomic E-state index is -0.363. The molecule has 34 heavy (non-hydrogen) atoms. The molecule has 3 rings (SSSR count). The average Bonchev–Trinajstić information content (AvgIpc) is 2.84. The first-order valence-corrected chi connectivity index (χ1v) is 12.2. The Bertz CT molecular complexity index is 833. The maximum Gasteiger partial charge on any atom is 0.292 e.